The maximum atomic E-state index is 8.21. The summed E-state index contributed by atoms with van der Waals surface area (Å²) in [6, 6.07) is 3.41. The maximum absolute atomic E-state index is 8.21. The summed E-state index contributed by atoms with van der Waals surface area (Å²) in [6.07, 6.45) is 0. The average molecular weight is 113 g/mol. The number of hydrogen-bond donors (Lipinski definition) is 2. The van der Waals surface area contributed by atoms with E-state index in [0.29, 0.717) is 5.88 Å². The number of anilines is 1. The zero-order valence-corrected chi connectivity index (χ0v) is 4.51. The highest BCUT2D eigenvalue weighted by Crippen LogP contribution is 2.09. The summed E-state index contributed by atoms with van der Waals surface area (Å²) in [5.41, 5.74) is 1.88. The third-order valence-corrected chi connectivity index (χ3v) is 0.851. The van der Waals surface area contributed by atoms with E-state index in [4.69, 9.17) is 9.62 Å². The Morgan fingerprint density at radius 2 is 2.38 bits per heavy atom. The van der Waals surface area contributed by atoms with E-state index >= 15 is 0 Å². The van der Waals surface area contributed by atoms with Crippen molar-refractivity contribution < 1.29 is 9.62 Å². The van der Waals surface area contributed by atoms with Crippen molar-refractivity contribution in [2.45, 2.75) is 6.92 Å². The maximum Gasteiger partial charge on any atom is 0.216 e. The molecule has 44 valence electrons. The van der Waals surface area contributed by atoms with Crippen LogP contribution in [0.15, 0.2) is 16.5 Å². The molecular weight excluding hydrogens is 106 g/mol. The van der Waals surface area contributed by atoms with Gasteiger partial charge in [0.05, 0.1) is 0 Å². The van der Waals surface area contributed by atoms with Crippen molar-refractivity contribution in [2.75, 3.05) is 5.48 Å². The van der Waals surface area contributed by atoms with Crippen LogP contribution in [0.1, 0.15) is 5.76 Å². The molecule has 0 spiro atoms. The molecule has 0 aliphatic rings. The normalized spacial score (nSPS) is 9.25. The summed E-state index contributed by atoms with van der Waals surface area (Å²) in [7, 11) is 0. The van der Waals surface area contributed by atoms with Gasteiger partial charge in [-0.2, -0.15) is 0 Å². The average Bonchev–Trinajstić information content (AvgIpc) is 2.14. The van der Waals surface area contributed by atoms with Crippen LogP contribution in [0.3, 0.4) is 0 Å². The van der Waals surface area contributed by atoms with Gasteiger partial charge in [-0.05, 0) is 13.0 Å². The molecule has 3 nitrogen and oxygen atoms in total. The highest BCUT2D eigenvalue weighted by Gasteiger charge is 1.91. The van der Waals surface area contributed by atoms with Gasteiger partial charge < -0.3 is 4.42 Å². The van der Waals surface area contributed by atoms with Gasteiger partial charge in [-0.25, -0.2) is 5.48 Å². The second kappa shape index (κ2) is 1.88. The summed E-state index contributed by atoms with van der Waals surface area (Å²) in [5, 5.41) is 8.21. The lowest BCUT2D eigenvalue weighted by Crippen LogP contribution is -1.83. The molecule has 0 aliphatic carbocycles. The SMILES string of the molecule is Cc1ccc(NO)o1. The van der Waals surface area contributed by atoms with E-state index in [9.17, 15) is 0 Å². The Bertz CT molecular complexity index is 171. The van der Waals surface area contributed by atoms with Gasteiger partial charge >= 0.3 is 0 Å². The van der Waals surface area contributed by atoms with Gasteiger partial charge in [0.15, 0.2) is 0 Å². The van der Waals surface area contributed by atoms with Crippen LogP contribution in [0.2, 0.25) is 0 Å². The Morgan fingerprint density at radius 3 is 2.62 bits per heavy atom. The Labute approximate surface area is 46.9 Å². The second-order valence-corrected chi connectivity index (χ2v) is 1.52. The largest absolute Gasteiger partial charge is 0.444 e. The fourth-order valence-electron chi connectivity index (χ4n) is 0.495. The fraction of sp³-hybridized carbons (Fsp3) is 0.200. The number of nitrogens with one attached hydrogen (secondary N) is 1. The van der Waals surface area contributed by atoms with Gasteiger partial charge in [-0.3, -0.25) is 5.21 Å². The molecule has 0 amide bonds. The van der Waals surface area contributed by atoms with Crippen molar-refractivity contribution in [1.29, 1.82) is 0 Å². The van der Waals surface area contributed by atoms with E-state index in [2.05, 4.69) is 0 Å². The molecule has 0 aromatic carbocycles. The zero-order chi connectivity index (χ0) is 5.98. The van der Waals surface area contributed by atoms with Crippen molar-refractivity contribution >= 4 is 5.88 Å². The van der Waals surface area contributed by atoms with Crippen molar-refractivity contribution in [2.24, 2.45) is 0 Å². The van der Waals surface area contributed by atoms with Crippen LogP contribution in [0, 0.1) is 6.92 Å². The third kappa shape index (κ3) is 0.816. The van der Waals surface area contributed by atoms with Crippen molar-refractivity contribution in [3.05, 3.63) is 17.9 Å². The smallest absolute Gasteiger partial charge is 0.216 e. The Hall–Kier alpha value is -0.960. The van der Waals surface area contributed by atoms with Gasteiger partial charge in [0.25, 0.3) is 0 Å². The summed E-state index contributed by atoms with van der Waals surface area (Å²) in [5.74, 6) is 1.16. The Morgan fingerprint density at radius 1 is 1.62 bits per heavy atom. The minimum atomic E-state index is 0.377. The molecule has 1 heterocycles. The van der Waals surface area contributed by atoms with Crippen LogP contribution in [-0.2, 0) is 0 Å². The zero-order valence-electron chi connectivity index (χ0n) is 4.51. The lowest BCUT2D eigenvalue weighted by molar-refractivity contribution is 0.359. The monoisotopic (exact) mass is 113 g/mol. The molecular formula is C5H7NO2. The molecule has 0 radical (unpaired) electrons. The Balaban J connectivity index is 2.84. The van der Waals surface area contributed by atoms with E-state index in [1.54, 1.807) is 19.1 Å². The minimum Gasteiger partial charge on any atom is -0.444 e. The van der Waals surface area contributed by atoms with Crippen molar-refractivity contribution in [3.63, 3.8) is 0 Å². The quantitative estimate of drug-likeness (QED) is 0.541. The minimum absolute atomic E-state index is 0.377. The molecule has 0 atom stereocenters. The molecule has 1 rings (SSSR count). The van der Waals surface area contributed by atoms with Gasteiger partial charge in [0, 0.05) is 6.07 Å². The second-order valence-electron chi connectivity index (χ2n) is 1.52. The third-order valence-electron chi connectivity index (χ3n) is 0.851. The fourth-order valence-corrected chi connectivity index (χ4v) is 0.495. The predicted octanol–water partition coefficient (Wildman–Crippen LogP) is 1.39. The van der Waals surface area contributed by atoms with E-state index < -0.39 is 0 Å². The number of rotatable bonds is 1. The van der Waals surface area contributed by atoms with Crippen LogP contribution < -0.4 is 5.48 Å². The number of aryl methyl sites for hydroxylation is 1. The summed E-state index contributed by atoms with van der Waals surface area (Å²) < 4.78 is 4.87. The highest BCUT2D eigenvalue weighted by atomic mass is 16.5. The van der Waals surface area contributed by atoms with E-state index in [0.717, 1.165) is 5.76 Å². The standard InChI is InChI=1S/C5H7NO2/c1-4-2-3-5(6-7)8-4/h2-3,6-7H,1H3. The van der Waals surface area contributed by atoms with E-state index in [1.807, 2.05) is 5.48 Å². The summed E-state index contributed by atoms with van der Waals surface area (Å²) >= 11 is 0. The summed E-state index contributed by atoms with van der Waals surface area (Å²) in [6.45, 7) is 1.81. The van der Waals surface area contributed by atoms with Crippen molar-refractivity contribution in [1.82, 2.24) is 0 Å². The molecule has 0 fully saturated rings. The first kappa shape index (κ1) is 5.18. The molecule has 0 saturated carbocycles. The van der Waals surface area contributed by atoms with Crippen LogP contribution in [0.25, 0.3) is 0 Å². The van der Waals surface area contributed by atoms with E-state index in [-0.39, 0.29) is 0 Å². The van der Waals surface area contributed by atoms with Crippen LogP contribution in [-0.4, -0.2) is 5.21 Å². The Kier molecular flexibility index (Phi) is 1.22. The van der Waals surface area contributed by atoms with Gasteiger partial charge in [0.2, 0.25) is 5.88 Å². The van der Waals surface area contributed by atoms with Crippen LogP contribution in [0.4, 0.5) is 5.88 Å². The predicted molar refractivity (Wildman–Crippen MR) is 28.9 cm³/mol. The van der Waals surface area contributed by atoms with Gasteiger partial charge in [-0.15, -0.1) is 0 Å². The molecule has 1 aromatic heterocycles. The molecule has 2 N–H and O–H groups in total. The molecule has 3 heteroatoms. The molecule has 8 heavy (non-hydrogen) atoms. The topological polar surface area (TPSA) is 45.4 Å². The molecule has 0 aliphatic heterocycles. The number of hydrogen-bond acceptors (Lipinski definition) is 3. The first-order valence-electron chi connectivity index (χ1n) is 2.29. The summed E-state index contributed by atoms with van der Waals surface area (Å²) in [4.78, 5) is 0. The molecule has 0 saturated heterocycles. The van der Waals surface area contributed by atoms with Gasteiger partial charge in [-0.1, -0.05) is 0 Å². The van der Waals surface area contributed by atoms with Crippen LogP contribution in [0.5, 0.6) is 0 Å². The van der Waals surface area contributed by atoms with Crippen LogP contribution >= 0.6 is 0 Å². The number of furan rings is 1. The highest BCUT2D eigenvalue weighted by molar-refractivity contribution is 5.28. The van der Waals surface area contributed by atoms with Gasteiger partial charge in [0.1, 0.15) is 5.76 Å². The first-order valence-corrected chi connectivity index (χ1v) is 2.29. The first-order chi connectivity index (χ1) is 3.83. The molecule has 0 bridgehead atoms. The van der Waals surface area contributed by atoms with Crippen molar-refractivity contribution in [3.8, 4) is 0 Å². The van der Waals surface area contributed by atoms with E-state index in [1.165, 1.54) is 0 Å². The lowest BCUT2D eigenvalue weighted by Gasteiger charge is -1.86. The molecule has 1 aromatic rings. The molecule has 0 unspecified atom stereocenters. The lowest BCUT2D eigenvalue weighted by atomic mass is 10.5.